The van der Waals surface area contributed by atoms with Gasteiger partial charge in [-0.05, 0) is 49.4 Å². The van der Waals surface area contributed by atoms with E-state index in [0.29, 0.717) is 18.8 Å². The summed E-state index contributed by atoms with van der Waals surface area (Å²) in [6, 6.07) is 14.1. The van der Waals surface area contributed by atoms with Crippen molar-refractivity contribution in [2.75, 3.05) is 31.8 Å². The average molecular weight is 377 g/mol. The van der Waals surface area contributed by atoms with E-state index in [1.807, 2.05) is 38.2 Å². The number of anilines is 1. The lowest BCUT2D eigenvalue weighted by atomic mass is 10.2. The van der Waals surface area contributed by atoms with Crippen LogP contribution in [0, 0.1) is 0 Å². The van der Waals surface area contributed by atoms with Crippen LogP contribution >= 0.6 is 0 Å². The van der Waals surface area contributed by atoms with Crippen LogP contribution in [0.25, 0.3) is 0 Å². The Kier molecular flexibility index (Phi) is 6.76. The zero-order chi connectivity index (χ0) is 19.2. The van der Waals surface area contributed by atoms with E-state index in [0.717, 1.165) is 22.5 Å². The van der Waals surface area contributed by atoms with Crippen LogP contribution in [0.2, 0.25) is 0 Å². The second-order valence-corrected chi connectivity index (χ2v) is 8.25. The molecule has 26 heavy (non-hydrogen) atoms. The summed E-state index contributed by atoms with van der Waals surface area (Å²) in [4.78, 5) is 13.4. The molecule has 0 aliphatic carbocycles. The van der Waals surface area contributed by atoms with Gasteiger partial charge in [-0.2, -0.15) is 0 Å². The number of likely N-dealkylation sites (N-methyl/N-ethyl adjacent to an activating group) is 1. The Morgan fingerprint density at radius 1 is 1.15 bits per heavy atom. The van der Waals surface area contributed by atoms with Crippen molar-refractivity contribution >= 4 is 21.4 Å². The van der Waals surface area contributed by atoms with Crippen LogP contribution in [0.4, 0.5) is 5.69 Å². The van der Waals surface area contributed by atoms with Crippen LogP contribution in [0.5, 0.6) is 5.75 Å². The number of carbonyl (C=O) groups excluding carboxylic acids is 1. The average Bonchev–Trinajstić information content (AvgIpc) is 2.56. The van der Waals surface area contributed by atoms with Crippen molar-refractivity contribution < 1.29 is 22.8 Å². The first-order chi connectivity index (χ1) is 12.3. The standard InChI is InChI=1S/C19H24N2O4S/c1-4-25-17-10-8-15(9-11-17)13-21(2)14-19(22)20-16-6-5-7-18(12-16)26(3,23)24/h5-12H,4,13-14H2,1-3H3,(H,20,22)/p+1. The van der Waals surface area contributed by atoms with Gasteiger partial charge >= 0.3 is 0 Å². The summed E-state index contributed by atoms with van der Waals surface area (Å²) >= 11 is 0. The second-order valence-electron chi connectivity index (χ2n) is 6.24. The fourth-order valence-corrected chi connectivity index (χ4v) is 3.23. The van der Waals surface area contributed by atoms with E-state index in [1.165, 1.54) is 12.1 Å². The maximum Gasteiger partial charge on any atom is 0.279 e. The molecule has 0 heterocycles. The first kappa shape index (κ1) is 19.9. The van der Waals surface area contributed by atoms with Crippen LogP contribution in [0.1, 0.15) is 12.5 Å². The van der Waals surface area contributed by atoms with Crippen LogP contribution in [-0.2, 0) is 21.2 Å². The van der Waals surface area contributed by atoms with Crippen LogP contribution in [0.3, 0.4) is 0 Å². The molecule has 140 valence electrons. The summed E-state index contributed by atoms with van der Waals surface area (Å²) in [5.41, 5.74) is 1.59. The lowest BCUT2D eigenvalue weighted by Gasteiger charge is -2.14. The predicted molar refractivity (Wildman–Crippen MR) is 101 cm³/mol. The zero-order valence-corrected chi connectivity index (χ0v) is 16.1. The predicted octanol–water partition coefficient (Wildman–Crippen LogP) is 1.14. The number of ether oxygens (including phenoxy) is 1. The fourth-order valence-electron chi connectivity index (χ4n) is 2.56. The highest BCUT2D eigenvalue weighted by Gasteiger charge is 2.13. The molecule has 0 spiro atoms. The molecule has 2 aromatic rings. The summed E-state index contributed by atoms with van der Waals surface area (Å²) in [5, 5.41) is 2.75. The molecule has 0 bridgehead atoms. The number of nitrogens with one attached hydrogen (secondary N) is 2. The van der Waals surface area contributed by atoms with Crippen molar-refractivity contribution in [3.63, 3.8) is 0 Å². The molecule has 1 unspecified atom stereocenters. The maximum atomic E-state index is 12.2. The number of hydrogen-bond donors (Lipinski definition) is 2. The summed E-state index contributed by atoms with van der Waals surface area (Å²) in [6.07, 6.45) is 1.14. The number of sulfone groups is 1. The van der Waals surface area contributed by atoms with Gasteiger partial charge in [0.05, 0.1) is 18.6 Å². The molecule has 7 heteroatoms. The Morgan fingerprint density at radius 2 is 1.85 bits per heavy atom. The van der Waals surface area contributed by atoms with Crippen LogP contribution < -0.4 is 15.0 Å². The second kappa shape index (κ2) is 8.82. The Hall–Kier alpha value is -2.38. The van der Waals surface area contributed by atoms with E-state index in [9.17, 15) is 13.2 Å². The molecule has 0 aromatic heterocycles. The maximum absolute atomic E-state index is 12.2. The molecule has 0 fully saturated rings. The van der Waals surface area contributed by atoms with Gasteiger partial charge in [0, 0.05) is 17.5 Å². The van der Waals surface area contributed by atoms with Crippen molar-refractivity contribution in [3.05, 3.63) is 54.1 Å². The summed E-state index contributed by atoms with van der Waals surface area (Å²) in [7, 11) is -1.37. The molecule has 1 atom stereocenters. The zero-order valence-electron chi connectivity index (χ0n) is 15.3. The summed E-state index contributed by atoms with van der Waals surface area (Å²) in [6.45, 7) is 3.54. The molecule has 2 rings (SSSR count). The molecule has 1 amide bonds. The van der Waals surface area contributed by atoms with Crippen molar-refractivity contribution in [3.8, 4) is 5.75 Å². The van der Waals surface area contributed by atoms with Crippen molar-refractivity contribution in [2.45, 2.75) is 18.4 Å². The molecule has 0 saturated heterocycles. The first-order valence-corrected chi connectivity index (χ1v) is 10.3. The minimum atomic E-state index is -3.30. The molecular formula is C19H25N2O4S+. The van der Waals surface area contributed by atoms with E-state index in [2.05, 4.69) is 5.32 Å². The van der Waals surface area contributed by atoms with Gasteiger partial charge in [0.1, 0.15) is 12.3 Å². The smallest absolute Gasteiger partial charge is 0.279 e. The number of hydrogen-bond acceptors (Lipinski definition) is 4. The van der Waals surface area contributed by atoms with Gasteiger partial charge in [0.15, 0.2) is 16.4 Å². The monoisotopic (exact) mass is 377 g/mol. The quantitative estimate of drug-likeness (QED) is 0.723. The van der Waals surface area contributed by atoms with Gasteiger partial charge < -0.3 is 15.0 Å². The number of rotatable bonds is 8. The third-order valence-corrected chi connectivity index (χ3v) is 4.86. The molecule has 0 radical (unpaired) electrons. The van der Waals surface area contributed by atoms with Crippen LogP contribution in [-0.4, -0.2) is 40.8 Å². The Morgan fingerprint density at radius 3 is 2.46 bits per heavy atom. The largest absolute Gasteiger partial charge is 0.494 e. The van der Waals surface area contributed by atoms with Gasteiger partial charge in [-0.3, -0.25) is 4.79 Å². The molecule has 2 aromatic carbocycles. The summed E-state index contributed by atoms with van der Waals surface area (Å²) < 4.78 is 28.6. The molecule has 2 N–H and O–H groups in total. The topological polar surface area (TPSA) is 76.9 Å². The minimum absolute atomic E-state index is 0.168. The Labute approximate surface area is 154 Å². The van der Waals surface area contributed by atoms with Crippen molar-refractivity contribution in [1.82, 2.24) is 0 Å². The number of quaternary nitrogens is 1. The lowest BCUT2D eigenvalue weighted by Crippen LogP contribution is -3.08. The van der Waals surface area contributed by atoms with E-state index >= 15 is 0 Å². The van der Waals surface area contributed by atoms with Gasteiger partial charge in [-0.1, -0.05) is 6.07 Å². The van der Waals surface area contributed by atoms with Gasteiger partial charge in [-0.15, -0.1) is 0 Å². The highest BCUT2D eigenvalue weighted by Crippen LogP contribution is 2.15. The first-order valence-electron chi connectivity index (χ1n) is 8.41. The third kappa shape index (κ3) is 6.16. The van der Waals surface area contributed by atoms with Crippen molar-refractivity contribution in [1.29, 1.82) is 0 Å². The number of benzene rings is 2. The molecule has 0 aliphatic rings. The minimum Gasteiger partial charge on any atom is -0.494 e. The number of carbonyl (C=O) groups is 1. The van der Waals surface area contributed by atoms with Gasteiger partial charge in [-0.25, -0.2) is 8.42 Å². The highest BCUT2D eigenvalue weighted by molar-refractivity contribution is 7.90. The van der Waals surface area contributed by atoms with E-state index < -0.39 is 9.84 Å². The molecule has 6 nitrogen and oxygen atoms in total. The number of amides is 1. The van der Waals surface area contributed by atoms with E-state index in [4.69, 9.17) is 4.74 Å². The molecule has 0 aliphatic heterocycles. The highest BCUT2D eigenvalue weighted by atomic mass is 32.2. The lowest BCUT2D eigenvalue weighted by molar-refractivity contribution is -0.885. The van der Waals surface area contributed by atoms with Gasteiger partial charge in [0.2, 0.25) is 0 Å². The van der Waals surface area contributed by atoms with E-state index in [-0.39, 0.29) is 17.3 Å². The third-order valence-electron chi connectivity index (χ3n) is 3.75. The SMILES string of the molecule is CCOc1ccc(C[NH+](C)CC(=O)Nc2cccc(S(C)(=O)=O)c2)cc1. The van der Waals surface area contributed by atoms with Crippen LogP contribution in [0.15, 0.2) is 53.4 Å². The van der Waals surface area contributed by atoms with E-state index in [1.54, 1.807) is 12.1 Å². The fraction of sp³-hybridized carbons (Fsp3) is 0.316. The van der Waals surface area contributed by atoms with Crippen molar-refractivity contribution in [2.24, 2.45) is 0 Å². The Balaban J connectivity index is 1.91. The Bertz CT molecular complexity index is 848. The molecule has 0 saturated carbocycles. The normalized spacial score (nSPS) is 12.4. The van der Waals surface area contributed by atoms with Gasteiger partial charge in [0.25, 0.3) is 5.91 Å². The molecular weight excluding hydrogens is 352 g/mol. The summed E-state index contributed by atoms with van der Waals surface area (Å²) in [5.74, 6) is 0.663.